The van der Waals surface area contributed by atoms with E-state index in [1.54, 1.807) is 43.4 Å². The van der Waals surface area contributed by atoms with Crippen LogP contribution in [0.15, 0.2) is 47.5 Å². The van der Waals surface area contributed by atoms with Gasteiger partial charge in [-0.15, -0.1) is 0 Å². The first-order valence-electron chi connectivity index (χ1n) is 7.85. The second-order valence-corrected chi connectivity index (χ2v) is 6.33. The van der Waals surface area contributed by atoms with Crippen LogP contribution in [-0.2, 0) is 0 Å². The van der Waals surface area contributed by atoms with E-state index in [1.807, 2.05) is 11.0 Å². The Bertz CT molecular complexity index is 925. The number of halogens is 1. The largest absolute Gasteiger partial charge is 0.322 e. The Balaban J connectivity index is 1.65. The number of guanidine groups is 1. The highest BCUT2D eigenvalue weighted by Gasteiger charge is 2.35. The summed E-state index contributed by atoms with van der Waals surface area (Å²) in [5, 5.41) is 3.31. The van der Waals surface area contributed by atoms with Gasteiger partial charge in [0.15, 0.2) is 0 Å². The summed E-state index contributed by atoms with van der Waals surface area (Å²) < 4.78 is 0. The van der Waals surface area contributed by atoms with Crippen molar-refractivity contribution in [3.63, 3.8) is 0 Å². The number of nitrogens with one attached hydrogen (secondary N) is 1. The van der Waals surface area contributed by atoms with E-state index in [0.717, 1.165) is 12.2 Å². The van der Waals surface area contributed by atoms with Crippen LogP contribution in [0.3, 0.4) is 0 Å². The molecule has 2 aromatic carbocycles. The summed E-state index contributed by atoms with van der Waals surface area (Å²) in [7, 11) is 1.71. The zero-order chi connectivity index (χ0) is 17.6. The molecule has 2 aromatic rings. The van der Waals surface area contributed by atoms with E-state index in [0.29, 0.717) is 34.3 Å². The molecule has 1 N–H and O–H groups in total. The molecule has 0 unspecified atom stereocenters. The smallest absolute Gasteiger partial charge is 0.262 e. The van der Waals surface area contributed by atoms with Gasteiger partial charge >= 0.3 is 0 Å². The average Bonchev–Trinajstić information content (AvgIpc) is 3.09. The minimum Gasteiger partial charge on any atom is -0.322 e. The number of hydrogen-bond donors (Lipinski definition) is 1. The van der Waals surface area contributed by atoms with E-state index in [1.165, 1.54) is 4.90 Å². The molecule has 0 atom stereocenters. The molecule has 7 heteroatoms. The van der Waals surface area contributed by atoms with Crippen LogP contribution >= 0.6 is 11.6 Å². The van der Waals surface area contributed by atoms with E-state index in [-0.39, 0.29) is 11.8 Å². The Kier molecular flexibility index (Phi) is 3.69. The second-order valence-electron chi connectivity index (χ2n) is 5.89. The molecule has 25 heavy (non-hydrogen) atoms. The quantitative estimate of drug-likeness (QED) is 0.901. The van der Waals surface area contributed by atoms with Gasteiger partial charge in [-0.3, -0.25) is 19.5 Å². The molecule has 2 heterocycles. The average molecular weight is 355 g/mol. The number of carbonyl (C=O) groups excluding carboxylic acids is 2. The van der Waals surface area contributed by atoms with Crippen LogP contribution in [0.5, 0.6) is 0 Å². The maximum atomic E-state index is 12.6. The normalized spacial score (nSPS) is 15.6. The van der Waals surface area contributed by atoms with Gasteiger partial charge in [0, 0.05) is 29.9 Å². The lowest BCUT2D eigenvalue weighted by atomic mass is 10.1. The van der Waals surface area contributed by atoms with Crippen LogP contribution in [0.25, 0.3) is 0 Å². The van der Waals surface area contributed by atoms with Crippen molar-refractivity contribution < 1.29 is 9.59 Å². The fraction of sp³-hybridized carbons (Fsp3) is 0.167. The number of fused-ring (bicyclic) bond motifs is 3. The van der Waals surface area contributed by atoms with Gasteiger partial charge < -0.3 is 10.2 Å². The van der Waals surface area contributed by atoms with Crippen LogP contribution in [0.2, 0.25) is 5.02 Å². The summed E-state index contributed by atoms with van der Waals surface area (Å²) in [4.78, 5) is 32.9. The zero-order valence-electron chi connectivity index (χ0n) is 13.5. The molecule has 0 saturated carbocycles. The molecule has 0 saturated heterocycles. The van der Waals surface area contributed by atoms with Crippen LogP contribution < -0.4 is 10.2 Å². The minimum absolute atomic E-state index is 0.134. The summed E-state index contributed by atoms with van der Waals surface area (Å²) in [6.07, 6.45) is 0. The summed E-state index contributed by atoms with van der Waals surface area (Å²) in [6.45, 7) is 1.41. The molecule has 0 bridgehead atoms. The van der Waals surface area contributed by atoms with Crippen LogP contribution in [0.1, 0.15) is 20.7 Å². The van der Waals surface area contributed by atoms with E-state index < -0.39 is 0 Å². The predicted octanol–water partition coefficient (Wildman–Crippen LogP) is 2.85. The van der Waals surface area contributed by atoms with Crippen molar-refractivity contribution in [1.82, 2.24) is 4.90 Å². The molecule has 0 aliphatic carbocycles. The number of hydrogen-bond acceptors (Lipinski definition) is 4. The Morgan fingerprint density at radius 2 is 2.08 bits per heavy atom. The number of aliphatic imine (C=N–C) groups is 1. The van der Waals surface area contributed by atoms with Gasteiger partial charge in [-0.2, -0.15) is 0 Å². The lowest BCUT2D eigenvalue weighted by molar-refractivity contribution is 0.0865. The van der Waals surface area contributed by atoms with E-state index >= 15 is 0 Å². The molecule has 0 radical (unpaired) electrons. The molecule has 126 valence electrons. The fourth-order valence-corrected chi connectivity index (χ4v) is 3.27. The van der Waals surface area contributed by atoms with Crippen LogP contribution in [-0.4, -0.2) is 42.8 Å². The van der Waals surface area contributed by atoms with Crippen molar-refractivity contribution in [2.24, 2.45) is 4.99 Å². The molecule has 2 aliphatic heterocycles. The first kappa shape index (κ1) is 15.7. The molecule has 2 amide bonds. The number of benzene rings is 2. The highest BCUT2D eigenvalue weighted by Crippen LogP contribution is 2.32. The molecule has 4 rings (SSSR count). The van der Waals surface area contributed by atoms with Crippen LogP contribution in [0, 0.1) is 0 Å². The molecule has 6 nitrogen and oxygen atoms in total. The van der Waals surface area contributed by atoms with Crippen molar-refractivity contribution in [1.29, 1.82) is 0 Å². The third kappa shape index (κ3) is 2.64. The summed E-state index contributed by atoms with van der Waals surface area (Å²) >= 11 is 5.93. The summed E-state index contributed by atoms with van der Waals surface area (Å²) in [5.41, 5.74) is 2.39. The van der Waals surface area contributed by atoms with Gasteiger partial charge in [-0.05, 0) is 36.4 Å². The van der Waals surface area contributed by atoms with Gasteiger partial charge in [0.05, 0.1) is 17.8 Å². The highest BCUT2D eigenvalue weighted by atomic mass is 35.5. The first-order chi connectivity index (χ1) is 12.0. The minimum atomic E-state index is -0.275. The maximum Gasteiger partial charge on any atom is 0.262 e. The monoisotopic (exact) mass is 354 g/mol. The third-order valence-electron chi connectivity index (χ3n) is 4.29. The lowest BCUT2D eigenvalue weighted by Gasteiger charge is -2.33. The van der Waals surface area contributed by atoms with Gasteiger partial charge in [0.25, 0.3) is 11.8 Å². The first-order valence-corrected chi connectivity index (χ1v) is 8.23. The Labute approximate surface area is 149 Å². The van der Waals surface area contributed by atoms with Crippen molar-refractivity contribution in [2.45, 2.75) is 0 Å². The Hall–Kier alpha value is -2.86. The molecular formula is C18H15ClN4O2. The predicted molar refractivity (Wildman–Crippen MR) is 97.6 cm³/mol. The maximum absolute atomic E-state index is 12.6. The van der Waals surface area contributed by atoms with Gasteiger partial charge in [0.1, 0.15) is 0 Å². The standard InChI is InChI=1S/C18H15ClN4O2/c1-22-17(25)14-10-13(5-6-15(14)23-8-7-20-18(22)23)21-16(24)11-3-2-4-12(19)9-11/h2-6,9-10H,7-8H2,1H3,(H,21,24). The Morgan fingerprint density at radius 3 is 2.88 bits per heavy atom. The number of amides is 2. The number of anilines is 2. The van der Waals surface area contributed by atoms with Crippen LogP contribution in [0.4, 0.5) is 11.4 Å². The van der Waals surface area contributed by atoms with Crippen molar-refractivity contribution >= 4 is 40.7 Å². The zero-order valence-corrected chi connectivity index (χ0v) is 14.2. The van der Waals surface area contributed by atoms with Crippen molar-refractivity contribution in [3.05, 3.63) is 58.6 Å². The van der Waals surface area contributed by atoms with Crippen molar-refractivity contribution in [3.8, 4) is 0 Å². The topological polar surface area (TPSA) is 65.0 Å². The van der Waals surface area contributed by atoms with E-state index in [9.17, 15) is 9.59 Å². The second kappa shape index (κ2) is 5.89. The number of carbonyl (C=O) groups is 2. The third-order valence-corrected chi connectivity index (χ3v) is 4.52. The van der Waals surface area contributed by atoms with E-state index in [2.05, 4.69) is 10.3 Å². The highest BCUT2D eigenvalue weighted by molar-refractivity contribution is 6.31. The summed E-state index contributed by atoms with van der Waals surface area (Å²) in [6, 6.07) is 12.0. The van der Waals surface area contributed by atoms with Gasteiger partial charge in [0.2, 0.25) is 5.96 Å². The molecular weight excluding hydrogens is 340 g/mol. The molecule has 0 spiro atoms. The number of nitrogens with zero attached hydrogens (tertiary/aromatic N) is 3. The lowest BCUT2D eigenvalue weighted by Crippen LogP contribution is -2.48. The molecule has 0 aromatic heterocycles. The van der Waals surface area contributed by atoms with Gasteiger partial charge in [-0.1, -0.05) is 17.7 Å². The molecule has 0 fully saturated rings. The Morgan fingerprint density at radius 1 is 1.24 bits per heavy atom. The van der Waals surface area contributed by atoms with Crippen molar-refractivity contribution in [2.75, 3.05) is 30.4 Å². The SMILES string of the molecule is CN1C(=O)c2cc(NC(=O)c3cccc(Cl)c3)ccc2N2CCN=C12. The van der Waals surface area contributed by atoms with E-state index in [4.69, 9.17) is 11.6 Å². The number of rotatable bonds is 2. The van der Waals surface area contributed by atoms with Gasteiger partial charge in [-0.25, -0.2) is 0 Å². The molecule has 2 aliphatic rings. The summed E-state index contributed by atoms with van der Waals surface area (Å²) in [5.74, 6) is 0.265. The fourth-order valence-electron chi connectivity index (χ4n) is 3.08.